The van der Waals surface area contributed by atoms with Gasteiger partial charge in [-0.05, 0) is 6.42 Å². The maximum absolute atomic E-state index is 10.8. The van der Waals surface area contributed by atoms with Crippen molar-refractivity contribution >= 4 is 12.1 Å². The van der Waals surface area contributed by atoms with Crippen molar-refractivity contribution in [3.8, 4) is 0 Å². The van der Waals surface area contributed by atoms with Crippen LogP contribution in [0.2, 0.25) is 0 Å². The number of likely N-dealkylation sites (tertiary alicyclic amines) is 1. The lowest BCUT2D eigenvalue weighted by Crippen LogP contribution is -2.37. The number of carbonyl (C=O) groups excluding carboxylic acids is 1. The third kappa shape index (κ3) is 3.21. The van der Waals surface area contributed by atoms with Gasteiger partial charge in [-0.2, -0.15) is 0 Å². The highest BCUT2D eigenvalue weighted by molar-refractivity contribution is 5.69. The van der Waals surface area contributed by atoms with Gasteiger partial charge in [0.15, 0.2) is 0 Å². The normalized spacial score (nSPS) is 21.9. The molecular weight excluding hydrogens is 188 g/mol. The van der Waals surface area contributed by atoms with Crippen molar-refractivity contribution in [1.82, 2.24) is 10.2 Å². The molecule has 1 heterocycles. The Balaban J connectivity index is 2.27. The third-order valence-electron chi connectivity index (χ3n) is 2.14. The maximum Gasteiger partial charge on any atom is 0.407 e. The lowest BCUT2D eigenvalue weighted by molar-refractivity contribution is -0.138. The fourth-order valence-corrected chi connectivity index (χ4v) is 1.51. The van der Waals surface area contributed by atoms with Crippen molar-refractivity contribution in [2.24, 2.45) is 0 Å². The lowest BCUT2D eigenvalue weighted by atomic mass is 10.3. The zero-order valence-corrected chi connectivity index (χ0v) is 8.02. The van der Waals surface area contributed by atoms with Crippen molar-refractivity contribution in [3.63, 3.8) is 0 Å². The molecule has 1 atom stereocenters. The summed E-state index contributed by atoms with van der Waals surface area (Å²) in [6.45, 7) is 1.29. The summed E-state index contributed by atoms with van der Waals surface area (Å²) >= 11 is 0. The van der Waals surface area contributed by atoms with E-state index in [0.717, 1.165) is 6.42 Å². The Morgan fingerprint density at radius 1 is 1.64 bits per heavy atom. The second-order valence-corrected chi connectivity index (χ2v) is 3.25. The van der Waals surface area contributed by atoms with E-state index >= 15 is 0 Å². The highest BCUT2D eigenvalue weighted by atomic mass is 16.5. The average Bonchev–Trinajstić information content (AvgIpc) is 2.51. The molecule has 0 aliphatic carbocycles. The van der Waals surface area contributed by atoms with Crippen LogP contribution in [-0.4, -0.2) is 54.9 Å². The number of carboxylic acid groups (broad SMARTS) is 1. The molecule has 1 rings (SSSR count). The molecule has 6 nitrogen and oxygen atoms in total. The van der Waals surface area contributed by atoms with Gasteiger partial charge in [0.2, 0.25) is 0 Å². The van der Waals surface area contributed by atoms with Crippen molar-refractivity contribution in [2.45, 2.75) is 12.5 Å². The number of amides is 1. The molecule has 0 unspecified atom stereocenters. The standard InChI is InChI=1S/C8H14N2O4/c1-14-8(13)9-6-2-3-10(4-6)5-7(11)12/h6H,2-5H2,1H3,(H,9,13)(H,11,12)/t6-/m1/s1. The van der Waals surface area contributed by atoms with Crippen LogP contribution in [0.1, 0.15) is 6.42 Å². The number of alkyl carbamates (subject to hydrolysis) is 1. The molecule has 2 N–H and O–H groups in total. The van der Waals surface area contributed by atoms with E-state index in [4.69, 9.17) is 5.11 Å². The minimum atomic E-state index is -0.844. The number of ether oxygens (including phenoxy) is 1. The molecule has 0 spiro atoms. The molecule has 0 saturated carbocycles. The molecule has 6 heteroatoms. The first-order valence-electron chi connectivity index (χ1n) is 4.40. The Labute approximate surface area is 81.8 Å². The molecule has 0 aromatic heterocycles. The molecule has 1 aliphatic rings. The molecule has 80 valence electrons. The zero-order chi connectivity index (χ0) is 10.6. The fourth-order valence-electron chi connectivity index (χ4n) is 1.51. The number of rotatable bonds is 3. The molecule has 1 aliphatic heterocycles. The lowest BCUT2D eigenvalue weighted by Gasteiger charge is -2.13. The van der Waals surface area contributed by atoms with E-state index in [2.05, 4.69) is 10.1 Å². The van der Waals surface area contributed by atoms with E-state index in [1.165, 1.54) is 7.11 Å². The van der Waals surface area contributed by atoms with Gasteiger partial charge >= 0.3 is 12.1 Å². The minimum absolute atomic E-state index is 0.00167. The smallest absolute Gasteiger partial charge is 0.407 e. The predicted octanol–water partition coefficient (Wildman–Crippen LogP) is -0.499. The first-order chi connectivity index (χ1) is 6.61. The minimum Gasteiger partial charge on any atom is -0.480 e. The molecule has 0 radical (unpaired) electrons. The zero-order valence-electron chi connectivity index (χ0n) is 8.02. The van der Waals surface area contributed by atoms with Gasteiger partial charge in [0.25, 0.3) is 0 Å². The van der Waals surface area contributed by atoms with Crippen LogP contribution in [-0.2, 0) is 9.53 Å². The van der Waals surface area contributed by atoms with Gasteiger partial charge in [-0.3, -0.25) is 9.69 Å². The Kier molecular flexibility index (Phi) is 3.70. The summed E-state index contributed by atoms with van der Waals surface area (Å²) in [7, 11) is 1.30. The van der Waals surface area contributed by atoms with E-state index in [-0.39, 0.29) is 12.6 Å². The summed E-state index contributed by atoms with van der Waals surface area (Å²) in [6.07, 6.45) is 0.301. The highest BCUT2D eigenvalue weighted by Gasteiger charge is 2.25. The summed E-state index contributed by atoms with van der Waals surface area (Å²) < 4.78 is 4.44. The number of carbonyl (C=O) groups is 2. The molecule has 1 fully saturated rings. The van der Waals surface area contributed by atoms with Crippen molar-refractivity contribution in [3.05, 3.63) is 0 Å². The summed E-state index contributed by atoms with van der Waals surface area (Å²) in [5, 5.41) is 11.2. The summed E-state index contributed by atoms with van der Waals surface area (Å²) in [6, 6.07) is 0.00167. The second-order valence-electron chi connectivity index (χ2n) is 3.25. The Morgan fingerprint density at radius 2 is 2.36 bits per heavy atom. The molecule has 0 aromatic carbocycles. The largest absolute Gasteiger partial charge is 0.480 e. The van der Waals surface area contributed by atoms with Crippen LogP contribution in [0.5, 0.6) is 0 Å². The van der Waals surface area contributed by atoms with E-state index in [0.29, 0.717) is 13.1 Å². The number of hydrogen-bond acceptors (Lipinski definition) is 4. The van der Waals surface area contributed by atoms with Crippen LogP contribution >= 0.6 is 0 Å². The van der Waals surface area contributed by atoms with Gasteiger partial charge in [-0.1, -0.05) is 0 Å². The van der Waals surface area contributed by atoms with Crippen LogP contribution < -0.4 is 5.32 Å². The molecule has 0 aromatic rings. The number of hydrogen-bond donors (Lipinski definition) is 2. The van der Waals surface area contributed by atoms with Crippen molar-refractivity contribution < 1.29 is 19.4 Å². The fraction of sp³-hybridized carbons (Fsp3) is 0.750. The second kappa shape index (κ2) is 4.80. The van der Waals surface area contributed by atoms with Crippen LogP contribution in [0.15, 0.2) is 0 Å². The number of nitrogens with one attached hydrogen (secondary N) is 1. The molecule has 1 amide bonds. The molecule has 1 saturated heterocycles. The molecule has 14 heavy (non-hydrogen) atoms. The monoisotopic (exact) mass is 202 g/mol. The first-order valence-corrected chi connectivity index (χ1v) is 4.40. The van der Waals surface area contributed by atoms with Gasteiger partial charge in [0, 0.05) is 19.1 Å². The Hall–Kier alpha value is -1.30. The quantitative estimate of drug-likeness (QED) is 0.645. The predicted molar refractivity (Wildman–Crippen MR) is 48.0 cm³/mol. The maximum atomic E-state index is 10.8. The number of aliphatic carboxylic acids is 1. The van der Waals surface area contributed by atoms with Gasteiger partial charge in [0.05, 0.1) is 13.7 Å². The number of methoxy groups -OCH3 is 1. The SMILES string of the molecule is COC(=O)N[C@@H]1CCN(CC(=O)O)C1. The molecule has 0 bridgehead atoms. The summed E-state index contributed by atoms with van der Waals surface area (Å²) in [4.78, 5) is 23.0. The van der Waals surface area contributed by atoms with E-state index in [9.17, 15) is 9.59 Å². The molecular formula is C8H14N2O4. The summed E-state index contributed by atoms with van der Waals surface area (Å²) in [5.74, 6) is -0.844. The Morgan fingerprint density at radius 3 is 2.93 bits per heavy atom. The van der Waals surface area contributed by atoms with Gasteiger partial charge in [-0.15, -0.1) is 0 Å². The van der Waals surface area contributed by atoms with Crippen LogP contribution in [0.4, 0.5) is 4.79 Å². The van der Waals surface area contributed by atoms with Gasteiger partial charge in [-0.25, -0.2) is 4.79 Å². The topological polar surface area (TPSA) is 78.9 Å². The Bertz CT molecular complexity index is 231. The van der Waals surface area contributed by atoms with Crippen LogP contribution in [0.25, 0.3) is 0 Å². The van der Waals surface area contributed by atoms with Crippen LogP contribution in [0.3, 0.4) is 0 Å². The van der Waals surface area contributed by atoms with Gasteiger partial charge < -0.3 is 15.2 Å². The highest BCUT2D eigenvalue weighted by Crippen LogP contribution is 2.08. The number of carboxylic acids is 1. The van der Waals surface area contributed by atoms with Crippen molar-refractivity contribution in [2.75, 3.05) is 26.7 Å². The summed E-state index contributed by atoms with van der Waals surface area (Å²) in [5.41, 5.74) is 0. The van der Waals surface area contributed by atoms with Crippen LogP contribution in [0, 0.1) is 0 Å². The van der Waals surface area contributed by atoms with Gasteiger partial charge in [0.1, 0.15) is 0 Å². The van der Waals surface area contributed by atoms with E-state index in [1.807, 2.05) is 0 Å². The average molecular weight is 202 g/mol. The van der Waals surface area contributed by atoms with E-state index in [1.54, 1.807) is 4.90 Å². The number of nitrogens with zero attached hydrogens (tertiary/aromatic N) is 1. The van der Waals surface area contributed by atoms with Crippen molar-refractivity contribution in [1.29, 1.82) is 0 Å². The first kappa shape index (κ1) is 10.8. The third-order valence-corrected chi connectivity index (χ3v) is 2.14. The van der Waals surface area contributed by atoms with E-state index < -0.39 is 12.1 Å².